The molecule has 3 heterocycles. The summed E-state index contributed by atoms with van der Waals surface area (Å²) in [7, 11) is 0. The van der Waals surface area contributed by atoms with Crippen molar-refractivity contribution in [3.05, 3.63) is 83.7 Å². The normalized spacial score (nSPS) is 11.7. The number of pyridine rings is 1. The molecule has 8 nitrogen and oxygen atoms in total. The van der Waals surface area contributed by atoms with Crippen LogP contribution in [0.15, 0.2) is 61.4 Å². The number of aliphatic hydroxyl groups excluding tert-OH is 1. The van der Waals surface area contributed by atoms with Crippen LogP contribution in [0, 0.1) is 11.3 Å². The number of benzene rings is 1. The van der Waals surface area contributed by atoms with Crippen molar-refractivity contribution < 1.29 is 9.90 Å². The molecule has 4 aromatic rings. The van der Waals surface area contributed by atoms with Crippen molar-refractivity contribution in [2.45, 2.75) is 12.6 Å². The predicted octanol–water partition coefficient (Wildman–Crippen LogP) is 2.43. The van der Waals surface area contributed by atoms with E-state index in [4.69, 9.17) is 5.26 Å². The first-order chi connectivity index (χ1) is 14.1. The summed E-state index contributed by atoms with van der Waals surface area (Å²) in [6.07, 6.45) is 7.07. The van der Waals surface area contributed by atoms with E-state index in [2.05, 4.69) is 31.3 Å². The number of rotatable bonds is 6. The molecule has 3 aromatic heterocycles. The van der Waals surface area contributed by atoms with Crippen LogP contribution < -0.4 is 5.32 Å². The summed E-state index contributed by atoms with van der Waals surface area (Å²) < 4.78 is 0. The molecule has 0 saturated heterocycles. The van der Waals surface area contributed by atoms with E-state index in [1.165, 1.54) is 18.7 Å². The van der Waals surface area contributed by atoms with Crippen LogP contribution in [0.3, 0.4) is 0 Å². The summed E-state index contributed by atoms with van der Waals surface area (Å²) in [5, 5.41) is 22.8. The van der Waals surface area contributed by atoms with Gasteiger partial charge in [0.15, 0.2) is 5.78 Å². The van der Waals surface area contributed by atoms with E-state index in [1.54, 1.807) is 42.7 Å². The fourth-order valence-electron chi connectivity index (χ4n) is 3.03. The number of fused-ring (bicyclic) bond motifs is 1. The number of H-pyrrole nitrogens is 1. The zero-order valence-corrected chi connectivity index (χ0v) is 15.2. The summed E-state index contributed by atoms with van der Waals surface area (Å²) in [5.41, 5.74) is 3.39. The van der Waals surface area contributed by atoms with Gasteiger partial charge in [0.1, 0.15) is 18.2 Å². The molecule has 1 unspecified atom stereocenters. The Hall–Kier alpha value is -4.09. The van der Waals surface area contributed by atoms with Crippen molar-refractivity contribution in [2.24, 2.45) is 0 Å². The molecule has 4 rings (SSSR count). The summed E-state index contributed by atoms with van der Waals surface area (Å²) in [4.78, 5) is 28.0. The molecule has 29 heavy (non-hydrogen) atoms. The van der Waals surface area contributed by atoms with E-state index in [-0.39, 0.29) is 5.78 Å². The van der Waals surface area contributed by atoms with Crippen LogP contribution in [0.25, 0.3) is 11.0 Å². The third-order valence-electron chi connectivity index (χ3n) is 4.45. The van der Waals surface area contributed by atoms with Crippen molar-refractivity contribution in [3.63, 3.8) is 0 Å². The zero-order chi connectivity index (χ0) is 20.2. The Bertz CT molecular complexity index is 1210. The largest absolute Gasteiger partial charge is 0.373 e. The molecule has 0 bridgehead atoms. The van der Waals surface area contributed by atoms with Crippen molar-refractivity contribution in [1.29, 1.82) is 5.26 Å². The Morgan fingerprint density at radius 3 is 2.83 bits per heavy atom. The van der Waals surface area contributed by atoms with Crippen LogP contribution in [0.4, 0.5) is 5.69 Å². The van der Waals surface area contributed by atoms with Crippen LogP contribution in [-0.4, -0.2) is 37.1 Å². The van der Waals surface area contributed by atoms with Gasteiger partial charge in [-0.1, -0.05) is 12.1 Å². The standard InChI is InChI=1S/C21H16N6O2/c22-7-14-3-1-13(2-4-14)5-19(28)27-16-6-15(8-23-9-16)20(29)17-11-25-21-18(17)10-24-12-26-21/h1-4,6,8-12,19,27-28H,5H2,(H,24,25,26). The van der Waals surface area contributed by atoms with Gasteiger partial charge in [0.05, 0.1) is 29.1 Å². The summed E-state index contributed by atoms with van der Waals surface area (Å²) in [6, 6.07) is 10.7. The molecule has 0 spiro atoms. The maximum Gasteiger partial charge on any atom is 0.196 e. The van der Waals surface area contributed by atoms with Crippen molar-refractivity contribution in [3.8, 4) is 6.07 Å². The number of anilines is 1. The molecular formula is C21H16N6O2. The summed E-state index contributed by atoms with van der Waals surface area (Å²) >= 11 is 0. The number of aliphatic hydroxyl groups is 1. The second-order valence-electron chi connectivity index (χ2n) is 6.45. The molecule has 0 aliphatic carbocycles. The van der Waals surface area contributed by atoms with E-state index in [0.717, 1.165) is 5.56 Å². The molecule has 3 N–H and O–H groups in total. The maximum absolute atomic E-state index is 12.9. The van der Waals surface area contributed by atoms with E-state index < -0.39 is 6.23 Å². The fraction of sp³-hybridized carbons (Fsp3) is 0.0952. The highest BCUT2D eigenvalue weighted by molar-refractivity contribution is 6.15. The molecule has 0 amide bonds. The van der Waals surface area contributed by atoms with E-state index in [9.17, 15) is 9.90 Å². The van der Waals surface area contributed by atoms with Crippen LogP contribution in [-0.2, 0) is 6.42 Å². The molecule has 0 aliphatic rings. The molecule has 0 aliphatic heterocycles. The highest BCUT2D eigenvalue weighted by Gasteiger charge is 2.16. The fourth-order valence-corrected chi connectivity index (χ4v) is 3.03. The second-order valence-corrected chi connectivity index (χ2v) is 6.45. The molecule has 8 heteroatoms. The highest BCUT2D eigenvalue weighted by Crippen LogP contribution is 2.20. The van der Waals surface area contributed by atoms with Crippen LogP contribution in [0.1, 0.15) is 27.0 Å². The second kappa shape index (κ2) is 7.88. The number of nitrogens with zero attached hydrogens (tertiary/aromatic N) is 4. The van der Waals surface area contributed by atoms with Gasteiger partial charge >= 0.3 is 0 Å². The van der Waals surface area contributed by atoms with Crippen LogP contribution in [0.5, 0.6) is 0 Å². The first-order valence-corrected chi connectivity index (χ1v) is 8.84. The van der Waals surface area contributed by atoms with Gasteiger partial charge in [-0.15, -0.1) is 0 Å². The number of hydrogen-bond donors (Lipinski definition) is 3. The van der Waals surface area contributed by atoms with Gasteiger partial charge in [-0.3, -0.25) is 9.78 Å². The van der Waals surface area contributed by atoms with Crippen LogP contribution in [0.2, 0.25) is 0 Å². The first kappa shape index (κ1) is 18.3. The van der Waals surface area contributed by atoms with E-state index in [0.29, 0.717) is 39.8 Å². The third-order valence-corrected chi connectivity index (χ3v) is 4.45. The summed E-state index contributed by atoms with van der Waals surface area (Å²) in [5.74, 6) is -0.219. The third kappa shape index (κ3) is 3.95. The number of aromatic amines is 1. The zero-order valence-electron chi connectivity index (χ0n) is 15.2. The van der Waals surface area contributed by atoms with Crippen molar-refractivity contribution >= 4 is 22.5 Å². The van der Waals surface area contributed by atoms with Gasteiger partial charge < -0.3 is 15.4 Å². The average molecular weight is 384 g/mol. The lowest BCUT2D eigenvalue weighted by Gasteiger charge is -2.14. The maximum atomic E-state index is 12.9. The van der Waals surface area contributed by atoms with Gasteiger partial charge in [0.25, 0.3) is 0 Å². The monoisotopic (exact) mass is 384 g/mol. The number of carbonyl (C=O) groups excluding carboxylic acids is 1. The first-order valence-electron chi connectivity index (χ1n) is 8.84. The molecule has 1 aromatic carbocycles. The lowest BCUT2D eigenvalue weighted by atomic mass is 10.1. The number of ketones is 1. The van der Waals surface area contributed by atoms with Crippen molar-refractivity contribution in [1.82, 2.24) is 19.9 Å². The molecule has 0 saturated carbocycles. The molecular weight excluding hydrogens is 368 g/mol. The van der Waals surface area contributed by atoms with Gasteiger partial charge in [-0.2, -0.15) is 5.26 Å². The average Bonchev–Trinajstić information content (AvgIpc) is 3.18. The SMILES string of the molecule is N#Cc1ccc(CC(O)Nc2cncc(C(=O)c3c[nH]c4ncncc34)c2)cc1. The minimum atomic E-state index is -0.878. The Balaban J connectivity index is 1.49. The summed E-state index contributed by atoms with van der Waals surface area (Å²) in [6.45, 7) is 0. The van der Waals surface area contributed by atoms with Gasteiger partial charge in [0, 0.05) is 36.0 Å². The smallest absolute Gasteiger partial charge is 0.196 e. The minimum absolute atomic E-state index is 0.219. The van der Waals surface area contributed by atoms with Crippen molar-refractivity contribution in [2.75, 3.05) is 5.32 Å². The molecule has 142 valence electrons. The Kier molecular flexibility index (Phi) is 4.97. The lowest BCUT2D eigenvalue weighted by Crippen LogP contribution is -2.21. The molecule has 0 fully saturated rings. The number of nitrogens with one attached hydrogen (secondary N) is 2. The molecule has 1 atom stereocenters. The van der Waals surface area contributed by atoms with Gasteiger partial charge in [-0.25, -0.2) is 9.97 Å². The number of carbonyl (C=O) groups is 1. The predicted molar refractivity (Wildman–Crippen MR) is 106 cm³/mol. The number of aromatic nitrogens is 4. The number of hydrogen-bond acceptors (Lipinski definition) is 7. The Morgan fingerprint density at radius 1 is 1.21 bits per heavy atom. The highest BCUT2D eigenvalue weighted by atomic mass is 16.3. The Labute approximate surface area is 165 Å². The Morgan fingerprint density at radius 2 is 2.03 bits per heavy atom. The number of nitriles is 1. The quantitative estimate of drug-likeness (QED) is 0.344. The minimum Gasteiger partial charge on any atom is -0.373 e. The molecule has 0 radical (unpaired) electrons. The topological polar surface area (TPSA) is 128 Å². The van der Waals surface area contributed by atoms with Crippen LogP contribution >= 0.6 is 0 Å². The lowest BCUT2D eigenvalue weighted by molar-refractivity contribution is 0.104. The van der Waals surface area contributed by atoms with Gasteiger partial charge in [0.2, 0.25) is 0 Å². The van der Waals surface area contributed by atoms with E-state index >= 15 is 0 Å². The van der Waals surface area contributed by atoms with Gasteiger partial charge in [-0.05, 0) is 23.8 Å². The van der Waals surface area contributed by atoms with E-state index in [1.807, 2.05) is 0 Å².